The van der Waals surface area contributed by atoms with Crippen LogP contribution in [-0.2, 0) is 10.5 Å². The Kier molecular flexibility index (Phi) is 3.16. The lowest BCUT2D eigenvalue weighted by atomic mass is 10.5. The molecule has 0 aliphatic carbocycles. The molecule has 0 radical (unpaired) electrons. The number of aromatic nitrogens is 2. The van der Waals surface area contributed by atoms with Crippen molar-refractivity contribution in [3.05, 3.63) is 18.0 Å². The highest BCUT2D eigenvalue weighted by Crippen LogP contribution is 2.08. The number of Topliss-reactive ketones (excluding diaryl/α,β-unsaturated/α-hetero) is 1. The number of nitrogens with one attached hydrogen (secondary N) is 1. The maximum Gasteiger partial charge on any atom is 0.139 e. The molecular formula is C7H10N2OS. The van der Waals surface area contributed by atoms with Gasteiger partial charge in [-0.25, -0.2) is 0 Å². The van der Waals surface area contributed by atoms with Gasteiger partial charge >= 0.3 is 0 Å². The third kappa shape index (κ3) is 3.23. The summed E-state index contributed by atoms with van der Waals surface area (Å²) in [6, 6.07) is 1.91. The highest BCUT2D eigenvalue weighted by Gasteiger charge is 1.95. The van der Waals surface area contributed by atoms with Crippen LogP contribution in [-0.4, -0.2) is 21.7 Å². The molecule has 4 heteroatoms. The Labute approximate surface area is 69.6 Å². The predicted molar refractivity (Wildman–Crippen MR) is 45.4 cm³/mol. The van der Waals surface area contributed by atoms with Crippen LogP contribution in [0.4, 0.5) is 0 Å². The first-order valence-electron chi connectivity index (χ1n) is 3.34. The van der Waals surface area contributed by atoms with Gasteiger partial charge in [0, 0.05) is 17.6 Å². The van der Waals surface area contributed by atoms with E-state index in [-0.39, 0.29) is 5.78 Å². The molecule has 0 amide bonds. The standard InChI is InChI=1S/C7H10N2OS/c1-6(10)4-11-5-7-2-3-8-9-7/h2-3H,4-5H2,1H3,(H,8,9). The zero-order chi connectivity index (χ0) is 8.10. The number of aromatic amines is 1. The Morgan fingerprint density at radius 1 is 1.82 bits per heavy atom. The quantitative estimate of drug-likeness (QED) is 0.739. The molecular weight excluding hydrogens is 160 g/mol. The molecule has 0 spiro atoms. The molecule has 0 saturated carbocycles. The highest BCUT2D eigenvalue weighted by atomic mass is 32.2. The minimum Gasteiger partial charge on any atom is -0.299 e. The summed E-state index contributed by atoms with van der Waals surface area (Å²) < 4.78 is 0. The molecule has 1 heterocycles. The third-order valence-electron chi connectivity index (χ3n) is 1.12. The van der Waals surface area contributed by atoms with Crippen LogP contribution >= 0.6 is 11.8 Å². The molecule has 0 unspecified atom stereocenters. The molecule has 0 aromatic carbocycles. The number of H-pyrrole nitrogens is 1. The molecule has 1 rings (SSSR count). The van der Waals surface area contributed by atoms with Crippen LogP contribution in [0.3, 0.4) is 0 Å². The van der Waals surface area contributed by atoms with E-state index < -0.39 is 0 Å². The van der Waals surface area contributed by atoms with Crippen molar-refractivity contribution in [1.29, 1.82) is 0 Å². The topological polar surface area (TPSA) is 45.8 Å². The highest BCUT2D eigenvalue weighted by molar-refractivity contribution is 7.99. The number of rotatable bonds is 4. The number of carbonyl (C=O) groups excluding carboxylic acids is 1. The second-order valence-electron chi connectivity index (χ2n) is 2.28. The number of nitrogens with zero attached hydrogens (tertiary/aromatic N) is 1. The van der Waals surface area contributed by atoms with Gasteiger partial charge in [-0.05, 0) is 13.0 Å². The molecule has 1 aromatic heterocycles. The van der Waals surface area contributed by atoms with Gasteiger partial charge in [-0.2, -0.15) is 5.10 Å². The molecule has 60 valence electrons. The predicted octanol–water partition coefficient (Wildman–Crippen LogP) is 1.23. The Morgan fingerprint density at radius 2 is 2.64 bits per heavy atom. The maximum absolute atomic E-state index is 10.5. The normalized spacial score (nSPS) is 9.91. The molecule has 0 fully saturated rings. The van der Waals surface area contributed by atoms with E-state index in [2.05, 4.69) is 10.2 Å². The van der Waals surface area contributed by atoms with Crippen LogP contribution < -0.4 is 0 Å². The maximum atomic E-state index is 10.5. The summed E-state index contributed by atoms with van der Waals surface area (Å²) in [6.45, 7) is 1.60. The van der Waals surface area contributed by atoms with Gasteiger partial charge < -0.3 is 0 Å². The van der Waals surface area contributed by atoms with Crippen LogP contribution in [0.25, 0.3) is 0 Å². The van der Waals surface area contributed by atoms with Crippen LogP contribution in [0.1, 0.15) is 12.6 Å². The molecule has 0 aliphatic heterocycles. The van der Waals surface area contributed by atoms with Gasteiger partial charge in [-0.3, -0.25) is 9.89 Å². The summed E-state index contributed by atoms with van der Waals surface area (Å²) >= 11 is 1.60. The zero-order valence-corrected chi connectivity index (χ0v) is 7.15. The Morgan fingerprint density at radius 3 is 3.18 bits per heavy atom. The molecule has 1 N–H and O–H groups in total. The number of ketones is 1. The van der Waals surface area contributed by atoms with E-state index in [4.69, 9.17) is 0 Å². The molecule has 0 bridgehead atoms. The smallest absolute Gasteiger partial charge is 0.139 e. The Hall–Kier alpha value is -0.770. The number of hydrogen-bond acceptors (Lipinski definition) is 3. The lowest BCUT2D eigenvalue weighted by molar-refractivity contribution is -0.114. The van der Waals surface area contributed by atoms with Gasteiger partial charge in [0.15, 0.2) is 0 Å². The van der Waals surface area contributed by atoms with Gasteiger partial charge in [-0.1, -0.05) is 0 Å². The minimum absolute atomic E-state index is 0.217. The van der Waals surface area contributed by atoms with Crippen molar-refractivity contribution >= 4 is 17.5 Å². The third-order valence-corrected chi connectivity index (χ3v) is 2.25. The van der Waals surface area contributed by atoms with Crippen molar-refractivity contribution < 1.29 is 4.79 Å². The zero-order valence-electron chi connectivity index (χ0n) is 6.33. The molecule has 0 atom stereocenters. The van der Waals surface area contributed by atoms with Crippen LogP contribution in [0.2, 0.25) is 0 Å². The van der Waals surface area contributed by atoms with Gasteiger partial charge in [0.2, 0.25) is 0 Å². The van der Waals surface area contributed by atoms with Gasteiger partial charge in [0.05, 0.1) is 5.75 Å². The monoisotopic (exact) mass is 170 g/mol. The average Bonchev–Trinajstić information content (AvgIpc) is 2.39. The first-order valence-corrected chi connectivity index (χ1v) is 4.50. The summed E-state index contributed by atoms with van der Waals surface area (Å²) in [5.41, 5.74) is 1.07. The first-order chi connectivity index (χ1) is 5.29. The number of carbonyl (C=O) groups is 1. The van der Waals surface area contributed by atoms with E-state index in [0.29, 0.717) is 5.75 Å². The minimum atomic E-state index is 0.217. The summed E-state index contributed by atoms with van der Waals surface area (Å²) in [4.78, 5) is 10.5. The van der Waals surface area contributed by atoms with Gasteiger partial charge in [0.1, 0.15) is 5.78 Å². The van der Waals surface area contributed by atoms with E-state index in [1.807, 2.05) is 6.07 Å². The second-order valence-corrected chi connectivity index (χ2v) is 3.26. The van der Waals surface area contributed by atoms with Crippen molar-refractivity contribution in [2.75, 3.05) is 5.75 Å². The van der Waals surface area contributed by atoms with Crippen LogP contribution in [0, 0.1) is 0 Å². The van der Waals surface area contributed by atoms with E-state index in [9.17, 15) is 4.79 Å². The molecule has 3 nitrogen and oxygen atoms in total. The van der Waals surface area contributed by atoms with Crippen LogP contribution in [0.15, 0.2) is 12.3 Å². The van der Waals surface area contributed by atoms with E-state index >= 15 is 0 Å². The number of thioether (sulfide) groups is 1. The second kappa shape index (κ2) is 4.18. The lowest BCUT2D eigenvalue weighted by Crippen LogP contribution is -1.93. The largest absolute Gasteiger partial charge is 0.299 e. The summed E-state index contributed by atoms with van der Waals surface area (Å²) in [6.07, 6.45) is 1.71. The SMILES string of the molecule is CC(=O)CSCc1ccn[nH]1. The fraction of sp³-hybridized carbons (Fsp3) is 0.429. The molecule has 0 saturated heterocycles. The van der Waals surface area contributed by atoms with Crippen LogP contribution in [0.5, 0.6) is 0 Å². The average molecular weight is 170 g/mol. The van der Waals surface area contributed by atoms with Gasteiger partial charge in [-0.15, -0.1) is 11.8 Å². The van der Waals surface area contributed by atoms with Crippen molar-refractivity contribution in [3.8, 4) is 0 Å². The van der Waals surface area contributed by atoms with E-state index in [0.717, 1.165) is 11.4 Å². The molecule has 1 aromatic rings. The van der Waals surface area contributed by atoms with E-state index in [1.54, 1.807) is 24.9 Å². The molecule has 11 heavy (non-hydrogen) atoms. The van der Waals surface area contributed by atoms with Crippen molar-refractivity contribution in [1.82, 2.24) is 10.2 Å². The fourth-order valence-corrected chi connectivity index (χ4v) is 1.44. The fourth-order valence-electron chi connectivity index (χ4n) is 0.670. The molecule has 0 aliphatic rings. The van der Waals surface area contributed by atoms with Crippen molar-refractivity contribution in [2.24, 2.45) is 0 Å². The summed E-state index contributed by atoms with van der Waals surface area (Å²) in [7, 11) is 0. The lowest BCUT2D eigenvalue weighted by Gasteiger charge is -1.93. The number of hydrogen-bond donors (Lipinski definition) is 1. The Bertz CT molecular complexity index is 220. The summed E-state index contributed by atoms with van der Waals surface area (Å²) in [5.74, 6) is 1.63. The van der Waals surface area contributed by atoms with Gasteiger partial charge in [0.25, 0.3) is 0 Å². The first kappa shape index (κ1) is 8.33. The Balaban J connectivity index is 2.19. The van der Waals surface area contributed by atoms with Crippen molar-refractivity contribution in [2.45, 2.75) is 12.7 Å². The van der Waals surface area contributed by atoms with Crippen molar-refractivity contribution in [3.63, 3.8) is 0 Å². The van der Waals surface area contributed by atoms with E-state index in [1.165, 1.54) is 0 Å². The summed E-state index contributed by atoms with van der Waals surface area (Å²) in [5, 5.41) is 6.63.